The van der Waals surface area contributed by atoms with Crippen molar-refractivity contribution in [2.75, 3.05) is 0 Å². The first-order chi connectivity index (χ1) is 13.3. The van der Waals surface area contributed by atoms with Gasteiger partial charge in [0, 0.05) is 11.1 Å². The standard InChI is InChI=1S/C24H20N2O/c27-24(21-10-5-2-6-11-21)23(20-8-3-1-4-9-20)26-25-17-18-14-15-19-12-7-13-22(19)16-18/h1-6,8-11,14-17H,7,12-13H2. The lowest BCUT2D eigenvalue weighted by molar-refractivity contribution is 0.106. The fraction of sp³-hybridized carbons (Fsp3) is 0.125. The summed E-state index contributed by atoms with van der Waals surface area (Å²) < 4.78 is 0. The molecule has 0 heterocycles. The predicted octanol–water partition coefficient (Wildman–Crippen LogP) is 4.88. The van der Waals surface area contributed by atoms with Gasteiger partial charge in [-0.05, 0) is 42.0 Å². The van der Waals surface area contributed by atoms with Crippen LogP contribution in [-0.4, -0.2) is 17.7 Å². The van der Waals surface area contributed by atoms with Gasteiger partial charge in [0.1, 0.15) is 5.71 Å². The van der Waals surface area contributed by atoms with E-state index in [2.05, 4.69) is 28.4 Å². The molecule has 0 spiro atoms. The molecule has 0 unspecified atom stereocenters. The summed E-state index contributed by atoms with van der Waals surface area (Å²) >= 11 is 0. The Kier molecular flexibility index (Phi) is 5.01. The number of aryl methyl sites for hydroxylation is 2. The maximum absolute atomic E-state index is 12.9. The first kappa shape index (κ1) is 17.1. The number of nitrogens with zero attached hydrogens (tertiary/aromatic N) is 2. The first-order valence-electron chi connectivity index (χ1n) is 9.19. The highest BCUT2D eigenvalue weighted by atomic mass is 16.1. The van der Waals surface area contributed by atoms with Crippen LogP contribution in [0.4, 0.5) is 0 Å². The summed E-state index contributed by atoms with van der Waals surface area (Å²) in [6, 6.07) is 25.1. The van der Waals surface area contributed by atoms with Gasteiger partial charge < -0.3 is 0 Å². The minimum atomic E-state index is -0.132. The number of rotatable bonds is 5. The summed E-state index contributed by atoms with van der Waals surface area (Å²) in [5, 5.41) is 8.53. The van der Waals surface area contributed by atoms with Gasteiger partial charge in [-0.15, -0.1) is 5.10 Å². The van der Waals surface area contributed by atoms with Crippen molar-refractivity contribution in [1.82, 2.24) is 0 Å². The zero-order chi connectivity index (χ0) is 18.5. The second kappa shape index (κ2) is 7.92. The molecule has 27 heavy (non-hydrogen) atoms. The van der Waals surface area contributed by atoms with E-state index in [0.29, 0.717) is 11.3 Å². The summed E-state index contributed by atoms with van der Waals surface area (Å²) in [6.07, 6.45) is 5.23. The number of carbonyl (C=O) groups excluding carboxylic acids is 1. The third-order valence-corrected chi connectivity index (χ3v) is 4.79. The molecule has 0 aliphatic heterocycles. The molecule has 0 bridgehead atoms. The fourth-order valence-corrected chi connectivity index (χ4v) is 3.38. The van der Waals surface area contributed by atoms with Crippen molar-refractivity contribution < 1.29 is 4.79 Å². The van der Waals surface area contributed by atoms with Crippen LogP contribution in [0.5, 0.6) is 0 Å². The van der Waals surface area contributed by atoms with Gasteiger partial charge >= 0.3 is 0 Å². The molecule has 0 N–H and O–H groups in total. The van der Waals surface area contributed by atoms with Gasteiger partial charge in [-0.1, -0.05) is 72.8 Å². The van der Waals surface area contributed by atoms with Crippen molar-refractivity contribution in [2.45, 2.75) is 19.3 Å². The van der Waals surface area contributed by atoms with Gasteiger partial charge in [-0.3, -0.25) is 4.79 Å². The third-order valence-electron chi connectivity index (χ3n) is 4.79. The van der Waals surface area contributed by atoms with Crippen molar-refractivity contribution in [3.05, 3.63) is 107 Å². The van der Waals surface area contributed by atoms with Crippen LogP contribution in [0.2, 0.25) is 0 Å². The molecule has 0 radical (unpaired) electrons. The van der Waals surface area contributed by atoms with Gasteiger partial charge in [-0.25, -0.2) is 0 Å². The Balaban J connectivity index is 1.65. The van der Waals surface area contributed by atoms with E-state index < -0.39 is 0 Å². The quantitative estimate of drug-likeness (QED) is 0.366. The molecule has 3 aromatic rings. The molecular weight excluding hydrogens is 332 g/mol. The Morgan fingerprint density at radius 3 is 2.19 bits per heavy atom. The number of hydrogen-bond acceptors (Lipinski definition) is 3. The highest BCUT2D eigenvalue weighted by Crippen LogP contribution is 2.22. The molecule has 0 amide bonds. The lowest BCUT2D eigenvalue weighted by Crippen LogP contribution is -2.15. The van der Waals surface area contributed by atoms with E-state index in [1.807, 2.05) is 48.5 Å². The number of fused-ring (bicyclic) bond motifs is 1. The van der Waals surface area contributed by atoms with Gasteiger partial charge in [0.2, 0.25) is 5.78 Å². The van der Waals surface area contributed by atoms with E-state index >= 15 is 0 Å². The Morgan fingerprint density at radius 2 is 1.44 bits per heavy atom. The fourth-order valence-electron chi connectivity index (χ4n) is 3.38. The minimum Gasteiger partial charge on any atom is -0.287 e. The van der Waals surface area contributed by atoms with E-state index in [1.165, 1.54) is 17.5 Å². The second-order valence-electron chi connectivity index (χ2n) is 6.64. The molecule has 1 aliphatic rings. The number of hydrogen-bond donors (Lipinski definition) is 0. The molecule has 3 aromatic carbocycles. The van der Waals surface area contributed by atoms with E-state index in [1.54, 1.807) is 18.3 Å². The lowest BCUT2D eigenvalue weighted by atomic mass is 10.0. The summed E-state index contributed by atoms with van der Waals surface area (Å²) in [7, 11) is 0. The Labute approximate surface area is 159 Å². The highest BCUT2D eigenvalue weighted by Gasteiger charge is 2.16. The average Bonchev–Trinajstić information content (AvgIpc) is 3.20. The molecule has 0 fully saturated rings. The SMILES string of the molecule is O=C(C(=NN=Cc1ccc2c(c1)CCC2)c1ccccc1)c1ccccc1. The smallest absolute Gasteiger partial charge is 0.213 e. The van der Waals surface area contributed by atoms with E-state index in [4.69, 9.17) is 0 Å². The monoisotopic (exact) mass is 352 g/mol. The molecule has 0 aromatic heterocycles. The topological polar surface area (TPSA) is 41.8 Å². The minimum absolute atomic E-state index is 0.132. The third kappa shape index (κ3) is 3.93. The number of benzene rings is 3. The molecule has 0 saturated heterocycles. The van der Waals surface area contributed by atoms with Crippen LogP contribution in [-0.2, 0) is 12.8 Å². The number of carbonyl (C=O) groups is 1. The largest absolute Gasteiger partial charge is 0.287 e. The molecular formula is C24H20N2O. The van der Waals surface area contributed by atoms with E-state index in [0.717, 1.165) is 24.0 Å². The van der Waals surface area contributed by atoms with Gasteiger partial charge in [0.25, 0.3) is 0 Å². The maximum Gasteiger partial charge on any atom is 0.213 e. The zero-order valence-corrected chi connectivity index (χ0v) is 15.0. The molecule has 3 heteroatoms. The van der Waals surface area contributed by atoms with Crippen LogP contribution in [0.1, 0.15) is 39.0 Å². The Bertz CT molecular complexity index is 1010. The van der Waals surface area contributed by atoms with Crippen molar-refractivity contribution in [3.63, 3.8) is 0 Å². The van der Waals surface area contributed by atoms with Crippen LogP contribution >= 0.6 is 0 Å². The maximum atomic E-state index is 12.9. The first-order valence-corrected chi connectivity index (χ1v) is 9.19. The number of ketones is 1. The van der Waals surface area contributed by atoms with Crippen LogP contribution in [0.15, 0.2) is 89.1 Å². The van der Waals surface area contributed by atoms with Crippen molar-refractivity contribution in [3.8, 4) is 0 Å². The van der Waals surface area contributed by atoms with Crippen molar-refractivity contribution in [2.24, 2.45) is 10.2 Å². The predicted molar refractivity (Wildman–Crippen MR) is 110 cm³/mol. The van der Waals surface area contributed by atoms with Crippen LogP contribution < -0.4 is 0 Å². The molecule has 3 nitrogen and oxygen atoms in total. The van der Waals surface area contributed by atoms with E-state index in [9.17, 15) is 4.79 Å². The van der Waals surface area contributed by atoms with Crippen LogP contribution in [0.3, 0.4) is 0 Å². The Hall–Kier alpha value is -3.33. The summed E-state index contributed by atoms with van der Waals surface area (Å²) in [5.74, 6) is -0.132. The molecule has 0 saturated carbocycles. The number of Topliss-reactive ketones (excluding diaryl/α,β-unsaturated/α-hetero) is 1. The molecule has 1 aliphatic carbocycles. The highest BCUT2D eigenvalue weighted by molar-refractivity contribution is 6.51. The molecule has 4 rings (SSSR count). The summed E-state index contributed by atoms with van der Waals surface area (Å²) in [6.45, 7) is 0. The van der Waals surface area contributed by atoms with Crippen LogP contribution in [0.25, 0.3) is 0 Å². The van der Waals surface area contributed by atoms with Crippen molar-refractivity contribution in [1.29, 1.82) is 0 Å². The van der Waals surface area contributed by atoms with Gasteiger partial charge in [0.05, 0.1) is 6.21 Å². The average molecular weight is 352 g/mol. The second-order valence-corrected chi connectivity index (χ2v) is 6.64. The summed E-state index contributed by atoms with van der Waals surface area (Å²) in [5.41, 5.74) is 5.55. The van der Waals surface area contributed by atoms with Crippen molar-refractivity contribution >= 4 is 17.7 Å². The van der Waals surface area contributed by atoms with Gasteiger partial charge in [0.15, 0.2) is 0 Å². The van der Waals surface area contributed by atoms with Gasteiger partial charge in [-0.2, -0.15) is 5.10 Å². The summed E-state index contributed by atoms with van der Waals surface area (Å²) in [4.78, 5) is 12.9. The van der Waals surface area contributed by atoms with E-state index in [-0.39, 0.29) is 5.78 Å². The normalized spacial score (nSPS) is 13.7. The zero-order valence-electron chi connectivity index (χ0n) is 15.0. The van der Waals surface area contributed by atoms with Crippen LogP contribution in [0, 0.1) is 0 Å². The Morgan fingerprint density at radius 1 is 0.778 bits per heavy atom. The molecule has 0 atom stereocenters. The lowest BCUT2D eigenvalue weighted by Gasteiger charge is -2.04. The molecule has 132 valence electrons.